The van der Waals surface area contributed by atoms with Gasteiger partial charge in [-0.3, -0.25) is 0 Å². The lowest BCUT2D eigenvalue weighted by Crippen LogP contribution is -2.38. The molecule has 0 radical (unpaired) electrons. The van der Waals surface area contributed by atoms with Crippen molar-refractivity contribution >= 4 is 21.6 Å². The highest BCUT2D eigenvalue weighted by molar-refractivity contribution is 7.89. The van der Waals surface area contributed by atoms with Crippen LogP contribution in [0.2, 0.25) is 5.02 Å². The van der Waals surface area contributed by atoms with Gasteiger partial charge in [-0.2, -0.15) is 9.29 Å². The largest absolute Gasteiger partial charge is 0.371 e. The van der Waals surface area contributed by atoms with Crippen LogP contribution in [0.15, 0.2) is 33.7 Å². The molecule has 1 aliphatic heterocycles. The monoisotopic (exact) mass is 411 g/mol. The van der Waals surface area contributed by atoms with E-state index in [1.807, 2.05) is 0 Å². The van der Waals surface area contributed by atoms with Gasteiger partial charge in [-0.05, 0) is 43.7 Å². The highest BCUT2D eigenvalue weighted by Crippen LogP contribution is 2.32. The second kappa shape index (κ2) is 7.87. The average molecular weight is 412 g/mol. The second-order valence-electron chi connectivity index (χ2n) is 7.11. The zero-order chi connectivity index (χ0) is 18.9. The first-order chi connectivity index (χ1) is 13.0. The van der Waals surface area contributed by atoms with Crippen molar-refractivity contribution in [2.75, 3.05) is 19.7 Å². The average Bonchev–Trinajstić information content (AvgIpc) is 3.37. The molecule has 146 valence electrons. The number of hydrogen-bond donors (Lipinski definition) is 0. The van der Waals surface area contributed by atoms with Gasteiger partial charge in [0.2, 0.25) is 10.0 Å². The number of piperidine rings is 1. The number of sulfonamides is 1. The minimum atomic E-state index is -3.59. The molecule has 4 rings (SSSR count). The fourth-order valence-electron chi connectivity index (χ4n) is 3.24. The lowest BCUT2D eigenvalue weighted by molar-refractivity contribution is 0.0894. The van der Waals surface area contributed by atoms with Gasteiger partial charge in [0.05, 0.1) is 11.6 Å². The van der Waals surface area contributed by atoms with Gasteiger partial charge in [0.25, 0.3) is 5.89 Å². The molecule has 0 atom stereocenters. The summed E-state index contributed by atoms with van der Waals surface area (Å²) in [6.45, 7) is 1.89. The first kappa shape index (κ1) is 18.9. The van der Waals surface area contributed by atoms with Crippen LogP contribution in [-0.4, -0.2) is 42.6 Å². The van der Waals surface area contributed by atoms with Gasteiger partial charge >= 0.3 is 0 Å². The van der Waals surface area contributed by atoms with Crippen LogP contribution in [0.3, 0.4) is 0 Å². The number of aromatic nitrogens is 2. The Kier molecular flexibility index (Phi) is 5.50. The van der Waals surface area contributed by atoms with Crippen LogP contribution < -0.4 is 0 Å². The third kappa shape index (κ3) is 4.34. The van der Waals surface area contributed by atoms with E-state index in [2.05, 4.69) is 10.1 Å². The molecule has 0 spiro atoms. The predicted octanol–water partition coefficient (Wildman–Crippen LogP) is 3.22. The summed E-state index contributed by atoms with van der Waals surface area (Å²) < 4.78 is 37.9. The molecule has 0 bridgehead atoms. The molecule has 1 saturated heterocycles. The highest BCUT2D eigenvalue weighted by atomic mass is 35.5. The van der Waals surface area contributed by atoms with Crippen molar-refractivity contribution in [3.63, 3.8) is 0 Å². The number of hydrogen-bond acceptors (Lipinski definition) is 6. The number of ether oxygens (including phenoxy) is 1. The molecule has 0 unspecified atom stereocenters. The van der Waals surface area contributed by atoms with Crippen LogP contribution in [-0.2, 0) is 21.4 Å². The maximum absolute atomic E-state index is 12.8. The smallest absolute Gasteiger partial charge is 0.252 e. The van der Waals surface area contributed by atoms with Crippen molar-refractivity contribution in [1.29, 1.82) is 0 Å². The molecule has 7 nitrogen and oxygen atoms in total. The topological polar surface area (TPSA) is 85.5 Å². The Bertz CT molecular complexity index is 890. The maximum Gasteiger partial charge on any atom is 0.252 e. The SMILES string of the molecule is O=S(=O)(c1ccccc1Cl)N1CCC(c2noc(COCC3CC3)n2)CC1. The van der Waals surface area contributed by atoms with E-state index in [9.17, 15) is 8.42 Å². The summed E-state index contributed by atoms with van der Waals surface area (Å²) in [5.74, 6) is 1.90. The van der Waals surface area contributed by atoms with Crippen molar-refractivity contribution in [2.45, 2.75) is 43.1 Å². The fourth-order valence-corrected chi connectivity index (χ4v) is 5.20. The van der Waals surface area contributed by atoms with E-state index in [0.717, 1.165) is 6.61 Å². The molecule has 2 aromatic rings. The van der Waals surface area contributed by atoms with Crippen molar-refractivity contribution in [3.05, 3.63) is 41.0 Å². The zero-order valence-electron chi connectivity index (χ0n) is 14.9. The van der Waals surface area contributed by atoms with Crippen LogP contribution in [0.4, 0.5) is 0 Å². The molecule has 9 heteroatoms. The lowest BCUT2D eigenvalue weighted by Gasteiger charge is -2.30. The zero-order valence-corrected chi connectivity index (χ0v) is 16.5. The van der Waals surface area contributed by atoms with Crippen molar-refractivity contribution in [2.24, 2.45) is 5.92 Å². The van der Waals surface area contributed by atoms with E-state index in [-0.39, 0.29) is 15.8 Å². The molecule has 0 amide bonds. The summed E-state index contributed by atoms with van der Waals surface area (Å²) in [6.07, 6.45) is 3.77. The van der Waals surface area contributed by atoms with E-state index in [1.54, 1.807) is 18.2 Å². The van der Waals surface area contributed by atoms with E-state index < -0.39 is 10.0 Å². The number of benzene rings is 1. The van der Waals surface area contributed by atoms with Gasteiger partial charge in [0.15, 0.2) is 5.82 Å². The third-order valence-electron chi connectivity index (χ3n) is 5.03. The lowest BCUT2D eigenvalue weighted by atomic mass is 9.98. The number of rotatable bonds is 7. The normalized spacial score (nSPS) is 19.4. The fraction of sp³-hybridized carbons (Fsp3) is 0.556. The summed E-state index contributed by atoms with van der Waals surface area (Å²) in [6, 6.07) is 6.53. The van der Waals surface area contributed by atoms with Gasteiger partial charge in [-0.1, -0.05) is 28.9 Å². The molecule has 1 aliphatic carbocycles. The van der Waals surface area contributed by atoms with Gasteiger partial charge < -0.3 is 9.26 Å². The summed E-state index contributed by atoms with van der Waals surface area (Å²) in [5, 5.41) is 4.30. The van der Waals surface area contributed by atoms with E-state index in [1.165, 1.54) is 23.2 Å². The molecule has 1 aromatic heterocycles. The predicted molar refractivity (Wildman–Crippen MR) is 98.9 cm³/mol. The molecular formula is C18H22ClN3O4S. The van der Waals surface area contributed by atoms with Crippen LogP contribution in [0.25, 0.3) is 0 Å². The van der Waals surface area contributed by atoms with Crippen molar-refractivity contribution in [3.8, 4) is 0 Å². The summed E-state index contributed by atoms with van der Waals surface area (Å²) in [4.78, 5) is 4.57. The van der Waals surface area contributed by atoms with E-state index in [4.69, 9.17) is 20.9 Å². The van der Waals surface area contributed by atoms with E-state index in [0.29, 0.717) is 50.2 Å². The Labute approximate surface area is 163 Å². The van der Waals surface area contributed by atoms with Gasteiger partial charge in [-0.25, -0.2) is 8.42 Å². The van der Waals surface area contributed by atoms with Crippen molar-refractivity contribution < 1.29 is 17.7 Å². The number of nitrogens with zero attached hydrogens (tertiary/aromatic N) is 3. The highest BCUT2D eigenvalue weighted by Gasteiger charge is 2.32. The summed E-state index contributed by atoms with van der Waals surface area (Å²) in [5.41, 5.74) is 0. The first-order valence-electron chi connectivity index (χ1n) is 9.19. The molecule has 2 heterocycles. The van der Waals surface area contributed by atoms with Gasteiger partial charge in [0, 0.05) is 19.0 Å². The van der Waals surface area contributed by atoms with Crippen molar-refractivity contribution in [1.82, 2.24) is 14.4 Å². The Morgan fingerprint density at radius 2 is 1.93 bits per heavy atom. The maximum atomic E-state index is 12.8. The molecular weight excluding hydrogens is 390 g/mol. The third-order valence-corrected chi connectivity index (χ3v) is 7.43. The molecule has 2 aliphatic rings. The minimum Gasteiger partial charge on any atom is -0.371 e. The second-order valence-corrected chi connectivity index (χ2v) is 9.43. The molecule has 2 fully saturated rings. The Balaban J connectivity index is 1.34. The summed E-state index contributed by atoms with van der Waals surface area (Å²) in [7, 11) is -3.59. The molecule has 27 heavy (non-hydrogen) atoms. The minimum absolute atomic E-state index is 0.0867. The Hall–Kier alpha value is -1.48. The van der Waals surface area contributed by atoms with Crippen LogP contribution >= 0.6 is 11.6 Å². The van der Waals surface area contributed by atoms with Gasteiger partial charge in [0.1, 0.15) is 11.5 Å². The molecule has 0 N–H and O–H groups in total. The van der Waals surface area contributed by atoms with Crippen LogP contribution in [0.5, 0.6) is 0 Å². The molecule has 1 aromatic carbocycles. The van der Waals surface area contributed by atoms with E-state index >= 15 is 0 Å². The standard InChI is InChI=1S/C18H22ClN3O4S/c19-15-3-1-2-4-16(15)27(23,24)22-9-7-14(8-10-22)18-20-17(26-21-18)12-25-11-13-5-6-13/h1-4,13-14H,5-12H2. The first-order valence-corrected chi connectivity index (χ1v) is 11.0. The Morgan fingerprint density at radius 1 is 1.19 bits per heavy atom. The summed E-state index contributed by atoms with van der Waals surface area (Å²) >= 11 is 6.07. The number of halogens is 1. The quantitative estimate of drug-likeness (QED) is 0.695. The Morgan fingerprint density at radius 3 is 2.63 bits per heavy atom. The molecule has 1 saturated carbocycles. The van der Waals surface area contributed by atoms with Crippen LogP contribution in [0.1, 0.15) is 43.3 Å². The van der Waals surface area contributed by atoms with Gasteiger partial charge in [-0.15, -0.1) is 0 Å². The van der Waals surface area contributed by atoms with Crippen LogP contribution in [0, 0.1) is 5.92 Å².